The lowest BCUT2D eigenvalue weighted by molar-refractivity contribution is 0.459. The second-order valence-electron chi connectivity index (χ2n) is 5.73. The van der Waals surface area contributed by atoms with Gasteiger partial charge in [0.25, 0.3) is 0 Å². The van der Waals surface area contributed by atoms with Gasteiger partial charge in [-0.15, -0.1) is 0 Å². The summed E-state index contributed by atoms with van der Waals surface area (Å²) in [5.41, 5.74) is 1.18. The maximum Gasteiger partial charge on any atom is 0.137 e. The second-order valence-corrected chi connectivity index (χ2v) is 5.73. The molecule has 1 aromatic rings. The highest BCUT2D eigenvalue weighted by molar-refractivity contribution is 5.58. The van der Waals surface area contributed by atoms with Crippen LogP contribution in [0.5, 0.6) is 0 Å². The zero-order chi connectivity index (χ0) is 14.5. The van der Waals surface area contributed by atoms with Crippen LogP contribution in [0.1, 0.15) is 50.9 Å². The number of nitrogens with zero attached hydrogens (tertiary/aromatic N) is 3. The Morgan fingerprint density at radius 3 is 2.65 bits per heavy atom. The Balaban J connectivity index is 2.26. The van der Waals surface area contributed by atoms with Crippen molar-refractivity contribution in [3.8, 4) is 0 Å². The van der Waals surface area contributed by atoms with E-state index in [1.807, 2.05) is 7.05 Å². The zero-order valence-electron chi connectivity index (χ0n) is 13.4. The summed E-state index contributed by atoms with van der Waals surface area (Å²) in [6, 6.07) is 0. The summed E-state index contributed by atoms with van der Waals surface area (Å²) in [6.07, 6.45) is 6.11. The monoisotopic (exact) mass is 276 g/mol. The number of hydrogen-bond donors (Lipinski definition) is 1. The molecule has 2 heterocycles. The summed E-state index contributed by atoms with van der Waals surface area (Å²) in [5, 5.41) is 3.21. The van der Waals surface area contributed by atoms with Gasteiger partial charge in [0.2, 0.25) is 0 Å². The molecule has 0 bridgehead atoms. The van der Waals surface area contributed by atoms with Crippen molar-refractivity contribution in [1.29, 1.82) is 0 Å². The van der Waals surface area contributed by atoms with Gasteiger partial charge in [-0.3, -0.25) is 0 Å². The van der Waals surface area contributed by atoms with Crippen molar-refractivity contribution in [2.45, 2.75) is 52.9 Å². The van der Waals surface area contributed by atoms with Crippen molar-refractivity contribution < 1.29 is 0 Å². The molecule has 0 aliphatic carbocycles. The first-order chi connectivity index (χ1) is 9.69. The standard InChI is InChI=1S/C16H28N4/c1-5-13-8-7-10-20(11-9-13)16-12(3)15(17-4)18-14(6-2)19-16/h13H,5-11H2,1-4H3,(H,17,18,19). The minimum atomic E-state index is 0.882. The molecule has 1 aromatic heterocycles. The first kappa shape index (κ1) is 15.1. The molecule has 1 aliphatic rings. The van der Waals surface area contributed by atoms with Crippen LogP contribution in [0, 0.1) is 12.8 Å². The third-order valence-electron chi connectivity index (χ3n) is 4.44. The Kier molecular flexibility index (Phi) is 5.21. The molecule has 0 amide bonds. The van der Waals surface area contributed by atoms with Crippen LogP contribution in [-0.4, -0.2) is 30.1 Å². The largest absolute Gasteiger partial charge is 0.373 e. The minimum absolute atomic E-state index is 0.882. The molecule has 0 radical (unpaired) electrons. The summed E-state index contributed by atoms with van der Waals surface area (Å²) in [7, 11) is 1.94. The van der Waals surface area contributed by atoms with Gasteiger partial charge in [-0.1, -0.05) is 20.3 Å². The van der Waals surface area contributed by atoms with Crippen molar-refractivity contribution >= 4 is 11.6 Å². The van der Waals surface area contributed by atoms with Crippen LogP contribution in [0.2, 0.25) is 0 Å². The van der Waals surface area contributed by atoms with Gasteiger partial charge in [0, 0.05) is 32.1 Å². The Labute approximate surface area is 123 Å². The molecule has 4 heteroatoms. The van der Waals surface area contributed by atoms with Crippen LogP contribution in [0.25, 0.3) is 0 Å². The van der Waals surface area contributed by atoms with Gasteiger partial charge in [-0.05, 0) is 32.1 Å². The predicted octanol–water partition coefficient (Wildman–Crippen LogP) is 3.41. The maximum atomic E-state index is 4.79. The molecule has 1 unspecified atom stereocenters. The first-order valence-corrected chi connectivity index (χ1v) is 7.99. The zero-order valence-corrected chi connectivity index (χ0v) is 13.4. The molecule has 1 aliphatic heterocycles. The number of hydrogen-bond acceptors (Lipinski definition) is 4. The Morgan fingerprint density at radius 2 is 2.00 bits per heavy atom. The Hall–Kier alpha value is -1.32. The molecule has 1 N–H and O–H groups in total. The molecule has 1 saturated heterocycles. The molecule has 1 atom stereocenters. The van der Waals surface area contributed by atoms with Crippen LogP contribution in [0.15, 0.2) is 0 Å². The molecule has 0 spiro atoms. The molecule has 20 heavy (non-hydrogen) atoms. The van der Waals surface area contributed by atoms with E-state index in [9.17, 15) is 0 Å². The number of nitrogens with one attached hydrogen (secondary N) is 1. The molecule has 4 nitrogen and oxygen atoms in total. The van der Waals surface area contributed by atoms with Crippen molar-refractivity contribution in [2.24, 2.45) is 5.92 Å². The van der Waals surface area contributed by atoms with Crippen LogP contribution < -0.4 is 10.2 Å². The fourth-order valence-corrected chi connectivity index (χ4v) is 3.04. The van der Waals surface area contributed by atoms with Gasteiger partial charge in [0.15, 0.2) is 0 Å². The van der Waals surface area contributed by atoms with Crippen LogP contribution in [-0.2, 0) is 6.42 Å². The topological polar surface area (TPSA) is 41.1 Å². The Bertz CT molecular complexity index is 444. The van der Waals surface area contributed by atoms with E-state index < -0.39 is 0 Å². The van der Waals surface area contributed by atoms with Crippen LogP contribution in [0.4, 0.5) is 11.6 Å². The third-order valence-corrected chi connectivity index (χ3v) is 4.44. The number of anilines is 2. The van der Waals surface area contributed by atoms with Crippen molar-refractivity contribution in [1.82, 2.24) is 9.97 Å². The number of aromatic nitrogens is 2. The van der Waals surface area contributed by atoms with E-state index in [2.05, 4.69) is 36.0 Å². The summed E-state index contributed by atoms with van der Waals surface area (Å²) in [5.74, 6) is 3.93. The second kappa shape index (κ2) is 6.91. The average molecular weight is 276 g/mol. The maximum absolute atomic E-state index is 4.79. The molecule has 2 rings (SSSR count). The number of aryl methyl sites for hydroxylation is 1. The smallest absolute Gasteiger partial charge is 0.137 e. The van der Waals surface area contributed by atoms with Crippen LogP contribution >= 0.6 is 0 Å². The Morgan fingerprint density at radius 1 is 1.20 bits per heavy atom. The molecule has 112 valence electrons. The van der Waals surface area contributed by atoms with E-state index in [-0.39, 0.29) is 0 Å². The summed E-state index contributed by atoms with van der Waals surface area (Å²) < 4.78 is 0. The van der Waals surface area contributed by atoms with E-state index in [0.29, 0.717) is 0 Å². The van der Waals surface area contributed by atoms with Crippen LogP contribution in [0.3, 0.4) is 0 Å². The van der Waals surface area contributed by atoms with Gasteiger partial charge in [0.1, 0.15) is 17.5 Å². The summed E-state index contributed by atoms with van der Waals surface area (Å²) in [6.45, 7) is 8.81. The van der Waals surface area contributed by atoms with Crippen molar-refractivity contribution in [3.63, 3.8) is 0 Å². The quantitative estimate of drug-likeness (QED) is 0.915. The van der Waals surface area contributed by atoms with Gasteiger partial charge in [0.05, 0.1) is 0 Å². The summed E-state index contributed by atoms with van der Waals surface area (Å²) in [4.78, 5) is 11.8. The molecule has 0 saturated carbocycles. The lowest BCUT2D eigenvalue weighted by Gasteiger charge is -2.25. The van der Waals surface area contributed by atoms with Crippen molar-refractivity contribution in [2.75, 3.05) is 30.4 Å². The van der Waals surface area contributed by atoms with Gasteiger partial charge < -0.3 is 10.2 Å². The third kappa shape index (κ3) is 3.22. The highest BCUT2D eigenvalue weighted by Crippen LogP contribution is 2.28. The highest BCUT2D eigenvalue weighted by atomic mass is 15.2. The lowest BCUT2D eigenvalue weighted by Crippen LogP contribution is -2.27. The molecular formula is C16H28N4. The van der Waals surface area contributed by atoms with Crippen molar-refractivity contribution in [3.05, 3.63) is 11.4 Å². The molecule has 0 aromatic carbocycles. The minimum Gasteiger partial charge on any atom is -0.373 e. The van der Waals surface area contributed by atoms with E-state index >= 15 is 0 Å². The van der Waals surface area contributed by atoms with E-state index in [4.69, 9.17) is 4.98 Å². The van der Waals surface area contributed by atoms with E-state index in [1.54, 1.807) is 0 Å². The van der Waals surface area contributed by atoms with E-state index in [0.717, 1.165) is 42.9 Å². The van der Waals surface area contributed by atoms with E-state index in [1.165, 1.54) is 31.2 Å². The molecule has 1 fully saturated rings. The first-order valence-electron chi connectivity index (χ1n) is 7.99. The fourth-order valence-electron chi connectivity index (χ4n) is 3.04. The predicted molar refractivity (Wildman–Crippen MR) is 85.5 cm³/mol. The summed E-state index contributed by atoms with van der Waals surface area (Å²) >= 11 is 0. The average Bonchev–Trinajstić information content (AvgIpc) is 2.73. The lowest BCUT2D eigenvalue weighted by atomic mass is 9.98. The normalized spacial score (nSPS) is 19.8. The van der Waals surface area contributed by atoms with Gasteiger partial charge in [-0.25, -0.2) is 9.97 Å². The SMILES string of the molecule is CCc1nc(NC)c(C)c(N2CCCC(CC)CC2)n1. The fraction of sp³-hybridized carbons (Fsp3) is 0.750. The number of rotatable bonds is 4. The molecular weight excluding hydrogens is 248 g/mol. The highest BCUT2D eigenvalue weighted by Gasteiger charge is 2.20. The van der Waals surface area contributed by atoms with Gasteiger partial charge >= 0.3 is 0 Å². The van der Waals surface area contributed by atoms with Gasteiger partial charge in [-0.2, -0.15) is 0 Å².